The van der Waals surface area contributed by atoms with Crippen LogP contribution in [0.2, 0.25) is 0 Å². The van der Waals surface area contributed by atoms with Gasteiger partial charge in [-0.25, -0.2) is 0 Å². The molecule has 2 atom stereocenters. The van der Waals surface area contributed by atoms with Crippen molar-refractivity contribution in [2.75, 3.05) is 0 Å². The van der Waals surface area contributed by atoms with Gasteiger partial charge in [-0.15, -0.1) is 0 Å². The molecule has 1 N–H and O–H groups in total. The zero-order valence-corrected chi connectivity index (χ0v) is 15.3. The van der Waals surface area contributed by atoms with E-state index in [1.54, 1.807) is 5.56 Å². The molecule has 0 radical (unpaired) electrons. The molecular weight excluding hydrogens is 266 g/mol. The molecule has 1 heteroatoms. The summed E-state index contributed by atoms with van der Waals surface area (Å²) >= 11 is 0. The first kappa shape index (κ1) is 17.2. The van der Waals surface area contributed by atoms with Crippen LogP contribution in [0.5, 0.6) is 0 Å². The molecule has 1 saturated carbocycles. The minimum Gasteiger partial charge on any atom is -0.309 e. The van der Waals surface area contributed by atoms with Crippen molar-refractivity contribution in [3.8, 4) is 0 Å². The largest absolute Gasteiger partial charge is 0.309 e. The molecule has 2 rings (SSSR count). The molecule has 0 aromatic heterocycles. The summed E-state index contributed by atoms with van der Waals surface area (Å²) in [7, 11) is 0. The van der Waals surface area contributed by atoms with Crippen LogP contribution in [0.4, 0.5) is 0 Å². The third-order valence-electron chi connectivity index (χ3n) is 5.10. The zero-order valence-electron chi connectivity index (χ0n) is 15.3. The smallest absolute Gasteiger partial charge is 0.0131 e. The van der Waals surface area contributed by atoms with E-state index in [1.807, 2.05) is 0 Å². The van der Waals surface area contributed by atoms with Crippen LogP contribution in [0.25, 0.3) is 0 Å². The van der Waals surface area contributed by atoms with Crippen LogP contribution < -0.4 is 0 Å². The molecular formula is C21H33N. The quantitative estimate of drug-likeness (QED) is 0.646. The van der Waals surface area contributed by atoms with E-state index in [2.05, 4.69) is 53.7 Å². The van der Waals surface area contributed by atoms with Crippen molar-refractivity contribution in [2.45, 2.75) is 79.6 Å². The summed E-state index contributed by atoms with van der Waals surface area (Å²) in [5, 5.41) is 7.73. The van der Waals surface area contributed by atoms with E-state index in [0.29, 0.717) is 17.3 Å². The van der Waals surface area contributed by atoms with Gasteiger partial charge in [0.15, 0.2) is 0 Å². The van der Waals surface area contributed by atoms with Gasteiger partial charge in [-0.1, -0.05) is 39.8 Å². The van der Waals surface area contributed by atoms with Gasteiger partial charge in [-0.2, -0.15) is 0 Å². The highest BCUT2D eigenvalue weighted by molar-refractivity contribution is 5.98. The minimum atomic E-state index is 0.425. The van der Waals surface area contributed by atoms with E-state index in [1.165, 1.54) is 36.0 Å². The number of rotatable bonds is 6. The first-order chi connectivity index (χ1) is 10.2. The van der Waals surface area contributed by atoms with Crippen molar-refractivity contribution >= 4 is 5.71 Å². The predicted molar refractivity (Wildman–Crippen MR) is 97.2 cm³/mol. The average molecular weight is 300 g/mol. The molecule has 122 valence electrons. The summed E-state index contributed by atoms with van der Waals surface area (Å²) in [5.74, 6) is 1.15. The standard InChI is InChI=1S/C21H33N/c1-14-10-17(8-7-9-21(4,5)6)19(12-15(14)2)16(3)11-18-13-20(18)22/h10,12,16,18,22H,7-9,11,13H2,1-6H3. The van der Waals surface area contributed by atoms with E-state index < -0.39 is 0 Å². The summed E-state index contributed by atoms with van der Waals surface area (Å²) in [6.45, 7) is 13.8. The van der Waals surface area contributed by atoms with Crippen molar-refractivity contribution in [1.29, 1.82) is 5.41 Å². The second-order valence-corrected chi connectivity index (χ2v) is 8.61. The molecule has 0 saturated heterocycles. The molecule has 0 amide bonds. The maximum absolute atomic E-state index is 7.73. The van der Waals surface area contributed by atoms with E-state index in [4.69, 9.17) is 5.41 Å². The van der Waals surface area contributed by atoms with Crippen molar-refractivity contribution < 1.29 is 0 Å². The number of aryl methyl sites for hydroxylation is 3. The molecule has 22 heavy (non-hydrogen) atoms. The maximum Gasteiger partial charge on any atom is 0.0131 e. The molecule has 1 aromatic carbocycles. The van der Waals surface area contributed by atoms with Crippen LogP contribution in [0, 0.1) is 30.6 Å². The van der Waals surface area contributed by atoms with E-state index in [-0.39, 0.29) is 0 Å². The summed E-state index contributed by atoms with van der Waals surface area (Å²) < 4.78 is 0. The van der Waals surface area contributed by atoms with Gasteiger partial charge in [0.2, 0.25) is 0 Å². The fraction of sp³-hybridized carbons (Fsp3) is 0.667. The van der Waals surface area contributed by atoms with Gasteiger partial charge in [0.1, 0.15) is 0 Å². The van der Waals surface area contributed by atoms with Crippen LogP contribution >= 0.6 is 0 Å². The third-order valence-corrected chi connectivity index (χ3v) is 5.10. The van der Waals surface area contributed by atoms with Gasteiger partial charge >= 0.3 is 0 Å². The number of hydrogen-bond acceptors (Lipinski definition) is 1. The Morgan fingerprint density at radius 2 is 1.77 bits per heavy atom. The molecule has 0 heterocycles. The second kappa shape index (κ2) is 6.56. The third kappa shape index (κ3) is 4.69. The first-order valence-electron chi connectivity index (χ1n) is 8.84. The number of nitrogens with one attached hydrogen (secondary N) is 1. The monoisotopic (exact) mass is 299 g/mol. The molecule has 1 aliphatic carbocycles. The fourth-order valence-electron chi connectivity index (χ4n) is 3.37. The van der Waals surface area contributed by atoms with Gasteiger partial charge in [-0.05, 0) is 79.5 Å². The molecule has 1 aromatic rings. The van der Waals surface area contributed by atoms with Crippen molar-refractivity contribution in [3.05, 3.63) is 34.4 Å². The lowest BCUT2D eigenvalue weighted by Crippen LogP contribution is -2.07. The average Bonchev–Trinajstić information content (AvgIpc) is 3.07. The van der Waals surface area contributed by atoms with Crippen LogP contribution in [-0.4, -0.2) is 5.71 Å². The highest BCUT2D eigenvalue weighted by Crippen LogP contribution is 2.37. The summed E-state index contributed by atoms with van der Waals surface area (Å²) in [6.07, 6.45) is 5.94. The highest BCUT2D eigenvalue weighted by atomic mass is 14.5. The SMILES string of the molecule is Cc1cc(CCCC(C)(C)C)c(C(C)CC2CC2=N)cc1C. The highest BCUT2D eigenvalue weighted by Gasteiger charge is 2.32. The van der Waals surface area contributed by atoms with Gasteiger partial charge in [-0.3, -0.25) is 0 Å². The second-order valence-electron chi connectivity index (χ2n) is 8.61. The fourth-order valence-corrected chi connectivity index (χ4v) is 3.37. The Kier molecular flexibility index (Phi) is 5.14. The van der Waals surface area contributed by atoms with Crippen molar-refractivity contribution in [3.63, 3.8) is 0 Å². The molecule has 0 bridgehead atoms. The minimum absolute atomic E-state index is 0.425. The Hall–Kier alpha value is -1.11. The lowest BCUT2D eigenvalue weighted by Gasteiger charge is -2.21. The molecule has 0 aliphatic heterocycles. The Bertz CT molecular complexity index is 548. The molecule has 1 aliphatic rings. The summed E-state index contributed by atoms with van der Waals surface area (Å²) in [5.41, 5.74) is 7.30. The van der Waals surface area contributed by atoms with Crippen molar-refractivity contribution in [2.24, 2.45) is 11.3 Å². The Labute approximate surface area is 137 Å². The summed E-state index contributed by atoms with van der Waals surface area (Å²) in [4.78, 5) is 0. The topological polar surface area (TPSA) is 23.9 Å². The van der Waals surface area contributed by atoms with Crippen LogP contribution in [0.3, 0.4) is 0 Å². The number of hydrogen-bond donors (Lipinski definition) is 1. The first-order valence-corrected chi connectivity index (χ1v) is 8.84. The van der Waals surface area contributed by atoms with Gasteiger partial charge in [0.25, 0.3) is 0 Å². The molecule has 1 nitrogen and oxygen atoms in total. The normalized spacial score (nSPS) is 19.4. The van der Waals surface area contributed by atoms with Gasteiger partial charge in [0, 0.05) is 11.6 Å². The van der Waals surface area contributed by atoms with Crippen molar-refractivity contribution in [1.82, 2.24) is 0 Å². The van der Waals surface area contributed by atoms with Crippen LogP contribution in [-0.2, 0) is 6.42 Å². The molecule has 2 unspecified atom stereocenters. The Balaban J connectivity index is 2.12. The zero-order chi connectivity index (χ0) is 16.5. The van der Waals surface area contributed by atoms with Crippen LogP contribution in [0.15, 0.2) is 12.1 Å². The van der Waals surface area contributed by atoms with E-state index in [0.717, 1.165) is 18.6 Å². The predicted octanol–water partition coefficient (Wildman–Crippen LogP) is 6.21. The Morgan fingerprint density at radius 3 is 2.32 bits per heavy atom. The molecule has 1 fully saturated rings. The van der Waals surface area contributed by atoms with Crippen LogP contribution in [0.1, 0.15) is 81.5 Å². The Morgan fingerprint density at radius 1 is 1.18 bits per heavy atom. The van der Waals surface area contributed by atoms with Gasteiger partial charge < -0.3 is 5.41 Å². The van der Waals surface area contributed by atoms with E-state index in [9.17, 15) is 0 Å². The lowest BCUT2D eigenvalue weighted by molar-refractivity contribution is 0.365. The number of benzene rings is 1. The molecule has 0 spiro atoms. The van der Waals surface area contributed by atoms with Gasteiger partial charge in [0.05, 0.1) is 0 Å². The summed E-state index contributed by atoms with van der Waals surface area (Å²) in [6, 6.07) is 4.83. The maximum atomic E-state index is 7.73. The van der Waals surface area contributed by atoms with E-state index >= 15 is 0 Å². The lowest BCUT2D eigenvalue weighted by atomic mass is 9.84.